The van der Waals surface area contributed by atoms with Crippen molar-refractivity contribution in [3.63, 3.8) is 0 Å². The number of ether oxygens (including phenoxy) is 2. The number of hydrogen-bond acceptors (Lipinski definition) is 8. The summed E-state index contributed by atoms with van der Waals surface area (Å²) >= 11 is 0. The molecule has 0 aliphatic heterocycles. The van der Waals surface area contributed by atoms with E-state index >= 15 is 0 Å². The third-order valence-corrected chi connectivity index (χ3v) is 6.25. The van der Waals surface area contributed by atoms with Gasteiger partial charge in [-0.3, -0.25) is 10.1 Å². The fourth-order valence-electron chi connectivity index (χ4n) is 4.18. The Morgan fingerprint density at radius 2 is 1.64 bits per heavy atom. The normalized spacial score (nSPS) is 10.6. The number of nitrogens with zero attached hydrogens (tertiary/aromatic N) is 3. The number of fused-ring (bicyclic) bond motifs is 1. The molecule has 42 heavy (non-hydrogen) atoms. The molecule has 0 fully saturated rings. The van der Waals surface area contributed by atoms with Crippen LogP contribution in [0.4, 0.5) is 10.1 Å². The topological polar surface area (TPSA) is 128 Å². The van der Waals surface area contributed by atoms with E-state index in [-0.39, 0.29) is 60.8 Å². The third kappa shape index (κ3) is 7.67. The van der Waals surface area contributed by atoms with Crippen LogP contribution < -0.4 is 44.1 Å². The summed E-state index contributed by atoms with van der Waals surface area (Å²) in [6, 6.07) is 25.0. The molecule has 4 aromatic carbocycles. The summed E-state index contributed by atoms with van der Waals surface area (Å²) in [7, 11) is 0. The summed E-state index contributed by atoms with van der Waals surface area (Å²) in [4.78, 5) is 30.7. The maximum absolute atomic E-state index is 14.2. The molecule has 1 heterocycles. The number of rotatable bonds is 11. The number of aromatic nitrogens is 2. The maximum atomic E-state index is 14.2. The number of benzene rings is 4. The van der Waals surface area contributed by atoms with Crippen LogP contribution in [0.15, 0.2) is 91.0 Å². The second kappa shape index (κ2) is 14.0. The van der Waals surface area contributed by atoms with Crippen molar-refractivity contribution in [1.29, 1.82) is 0 Å². The fourth-order valence-corrected chi connectivity index (χ4v) is 4.18. The Balaban J connectivity index is 0.00000405. The third-order valence-electron chi connectivity index (χ3n) is 6.25. The number of carboxylic acids is 1. The van der Waals surface area contributed by atoms with Crippen LogP contribution in [0, 0.1) is 15.9 Å². The van der Waals surface area contributed by atoms with Gasteiger partial charge in [-0.25, -0.2) is 9.37 Å². The van der Waals surface area contributed by atoms with E-state index in [9.17, 15) is 24.4 Å². The van der Waals surface area contributed by atoms with E-state index in [0.29, 0.717) is 40.4 Å². The van der Waals surface area contributed by atoms with E-state index in [1.54, 1.807) is 42.5 Å². The summed E-state index contributed by atoms with van der Waals surface area (Å²) in [6.45, 7) is 0.187. The van der Waals surface area contributed by atoms with Crippen molar-refractivity contribution in [2.75, 3.05) is 6.61 Å². The van der Waals surface area contributed by atoms with Crippen molar-refractivity contribution >= 4 is 22.4 Å². The number of non-ortho nitro benzene ring substituents is 1. The Morgan fingerprint density at radius 3 is 2.43 bits per heavy atom. The Bertz CT molecular complexity index is 1750. The number of halogens is 1. The van der Waals surface area contributed by atoms with Crippen molar-refractivity contribution in [2.24, 2.45) is 0 Å². The number of hydrogen-bond donors (Lipinski definition) is 0. The molecule has 5 aromatic rings. The molecule has 0 unspecified atom stereocenters. The molecular weight excluding hydrogens is 552 g/mol. The zero-order valence-corrected chi connectivity index (χ0v) is 24.7. The first-order chi connectivity index (χ1) is 19.9. The Morgan fingerprint density at radius 1 is 0.857 bits per heavy atom. The molecule has 0 radical (unpaired) electrons. The number of aliphatic carboxylic acids is 1. The predicted molar refractivity (Wildman–Crippen MR) is 148 cm³/mol. The smallest absolute Gasteiger partial charge is 0.550 e. The second-order valence-corrected chi connectivity index (χ2v) is 9.15. The second-order valence-electron chi connectivity index (χ2n) is 9.15. The number of carbonyl (C=O) groups excluding carboxylic acids is 1. The van der Waals surface area contributed by atoms with Gasteiger partial charge in [0.15, 0.2) is 5.82 Å². The van der Waals surface area contributed by atoms with Gasteiger partial charge in [0.25, 0.3) is 5.69 Å². The summed E-state index contributed by atoms with van der Waals surface area (Å²) in [5.74, 6) is -0.409. The molecule has 0 amide bonds. The number of nitro benzene ring substituents is 1. The van der Waals surface area contributed by atoms with E-state index in [1.165, 1.54) is 18.2 Å². The van der Waals surface area contributed by atoms with Crippen LogP contribution in [0.1, 0.15) is 18.4 Å². The van der Waals surface area contributed by atoms with E-state index in [4.69, 9.17) is 9.47 Å². The first kappa shape index (κ1) is 30.6. The number of carboxylic acid groups (broad SMARTS) is 1. The zero-order valence-electron chi connectivity index (χ0n) is 22.7. The summed E-state index contributed by atoms with van der Waals surface area (Å²) in [5, 5.41) is 23.7. The molecule has 0 saturated carbocycles. The van der Waals surface area contributed by atoms with Gasteiger partial charge in [0.2, 0.25) is 5.88 Å². The molecular formula is C31H23FN3NaO6. The SMILES string of the molecule is O=C([O-])CCCOc1ccc2cc(-c3nc(OCc4ccccc4F)cc(-c4cccc([N+](=O)[O-])c4)n3)ccc2c1.[Na+]. The van der Waals surface area contributed by atoms with Crippen LogP contribution in [-0.4, -0.2) is 27.5 Å². The fraction of sp³-hybridized carbons (Fsp3) is 0.129. The molecule has 0 saturated heterocycles. The van der Waals surface area contributed by atoms with Crippen LogP contribution in [0.5, 0.6) is 11.6 Å². The minimum atomic E-state index is -1.11. The molecule has 5 rings (SSSR count). The molecule has 0 atom stereocenters. The van der Waals surface area contributed by atoms with Crippen molar-refractivity contribution in [3.05, 3.63) is 112 Å². The maximum Gasteiger partial charge on any atom is 1.00 e. The van der Waals surface area contributed by atoms with Crippen LogP contribution in [0.2, 0.25) is 0 Å². The van der Waals surface area contributed by atoms with Gasteiger partial charge in [0.05, 0.1) is 17.2 Å². The van der Waals surface area contributed by atoms with Gasteiger partial charge in [-0.15, -0.1) is 0 Å². The van der Waals surface area contributed by atoms with Gasteiger partial charge in [-0.2, -0.15) is 4.98 Å². The minimum absolute atomic E-state index is 0. The molecule has 9 nitrogen and oxygen atoms in total. The molecule has 0 aliphatic rings. The Hall–Kier alpha value is -4.38. The number of carbonyl (C=O) groups is 1. The Labute approximate surface area is 262 Å². The summed E-state index contributed by atoms with van der Waals surface area (Å²) < 4.78 is 25.7. The quantitative estimate of drug-likeness (QED) is 0.102. The minimum Gasteiger partial charge on any atom is -0.550 e. The van der Waals surface area contributed by atoms with Gasteiger partial charge in [-0.05, 0) is 47.9 Å². The van der Waals surface area contributed by atoms with E-state index in [2.05, 4.69) is 9.97 Å². The first-order valence-electron chi connectivity index (χ1n) is 12.7. The van der Waals surface area contributed by atoms with E-state index in [1.807, 2.05) is 30.3 Å². The molecule has 11 heteroatoms. The van der Waals surface area contributed by atoms with Gasteiger partial charge in [-0.1, -0.05) is 48.5 Å². The van der Waals surface area contributed by atoms with Gasteiger partial charge >= 0.3 is 29.6 Å². The molecule has 1 aromatic heterocycles. The van der Waals surface area contributed by atoms with Gasteiger partial charge < -0.3 is 19.4 Å². The average molecular weight is 576 g/mol. The van der Waals surface area contributed by atoms with Crippen molar-refractivity contribution in [1.82, 2.24) is 9.97 Å². The van der Waals surface area contributed by atoms with Crippen molar-refractivity contribution in [3.8, 4) is 34.3 Å². The zero-order chi connectivity index (χ0) is 28.8. The summed E-state index contributed by atoms with van der Waals surface area (Å²) in [5.41, 5.74) is 1.85. The van der Waals surface area contributed by atoms with E-state index in [0.717, 1.165) is 10.8 Å². The van der Waals surface area contributed by atoms with Crippen LogP contribution in [0.25, 0.3) is 33.4 Å². The molecule has 206 valence electrons. The Kier molecular flexibility index (Phi) is 10.2. The summed E-state index contributed by atoms with van der Waals surface area (Å²) in [6.07, 6.45) is 0.275. The predicted octanol–water partition coefficient (Wildman–Crippen LogP) is 2.50. The monoisotopic (exact) mass is 575 g/mol. The molecule has 0 N–H and O–H groups in total. The van der Waals surface area contributed by atoms with Crippen molar-refractivity contribution < 1.29 is 58.2 Å². The van der Waals surface area contributed by atoms with Crippen LogP contribution in [-0.2, 0) is 11.4 Å². The molecule has 0 bridgehead atoms. The first-order valence-corrected chi connectivity index (χ1v) is 12.7. The standard InChI is InChI=1S/C31H24FN3O6.Na/c32-27-8-2-1-5-24(27)19-41-29-18-28(22-6-3-7-25(16-22)35(38)39)33-31(34-29)23-11-10-21-17-26(13-12-20(21)15-23)40-14-4-9-30(36)37;/h1-3,5-8,10-13,15-18H,4,9,14,19H2,(H,36,37);/q;+1/p-1. The van der Waals surface area contributed by atoms with Gasteiger partial charge in [0.1, 0.15) is 18.2 Å². The van der Waals surface area contributed by atoms with Crippen LogP contribution in [0.3, 0.4) is 0 Å². The van der Waals surface area contributed by atoms with Crippen molar-refractivity contribution in [2.45, 2.75) is 19.4 Å². The van der Waals surface area contributed by atoms with Crippen LogP contribution >= 0.6 is 0 Å². The van der Waals surface area contributed by atoms with Gasteiger partial charge in [0, 0.05) is 40.9 Å². The van der Waals surface area contributed by atoms with E-state index < -0.39 is 16.7 Å². The average Bonchev–Trinajstić information content (AvgIpc) is 2.98. The number of nitro groups is 1. The molecule has 0 spiro atoms. The largest absolute Gasteiger partial charge is 1.00 e. The molecule has 0 aliphatic carbocycles.